The third kappa shape index (κ3) is 4.55. The smallest absolute Gasteiger partial charge is 0.422 e. The number of hydrogen-bond acceptors (Lipinski definition) is 3. The van der Waals surface area contributed by atoms with Gasteiger partial charge in [0.15, 0.2) is 0 Å². The third-order valence-corrected chi connectivity index (χ3v) is 3.01. The quantitative estimate of drug-likeness (QED) is 0.524. The molecule has 1 aliphatic carbocycles. The van der Waals surface area contributed by atoms with E-state index in [1.54, 1.807) is 0 Å². The molecule has 116 valence electrons. The SMILES string of the molecule is CC(NC(=O)NCCCNC1CC1)(C(=O)O)C(F)(F)F. The summed E-state index contributed by atoms with van der Waals surface area (Å²) in [4.78, 5) is 22.0. The third-order valence-electron chi connectivity index (χ3n) is 3.01. The maximum absolute atomic E-state index is 12.6. The first-order chi connectivity index (χ1) is 9.17. The summed E-state index contributed by atoms with van der Waals surface area (Å²) in [5.41, 5.74) is -3.30. The molecule has 0 aliphatic heterocycles. The molecule has 0 radical (unpaired) electrons. The molecule has 1 saturated carbocycles. The van der Waals surface area contributed by atoms with Crippen LogP contribution in [0.5, 0.6) is 0 Å². The second kappa shape index (κ2) is 6.29. The highest BCUT2D eigenvalue weighted by Crippen LogP contribution is 2.30. The van der Waals surface area contributed by atoms with Crippen LogP contribution in [0.15, 0.2) is 0 Å². The zero-order chi connectivity index (χ0) is 15.4. The molecule has 0 bridgehead atoms. The summed E-state index contributed by atoms with van der Waals surface area (Å²) in [6.45, 7) is 1.23. The number of carboxylic acid groups (broad SMARTS) is 1. The molecule has 1 fully saturated rings. The Morgan fingerprint density at radius 1 is 1.25 bits per heavy atom. The average molecular weight is 297 g/mol. The molecule has 1 aliphatic rings. The van der Waals surface area contributed by atoms with Crippen LogP contribution in [-0.2, 0) is 4.79 Å². The first-order valence-electron chi connectivity index (χ1n) is 6.26. The van der Waals surface area contributed by atoms with Crippen molar-refractivity contribution in [3.8, 4) is 0 Å². The predicted molar refractivity (Wildman–Crippen MR) is 64.3 cm³/mol. The van der Waals surface area contributed by atoms with Crippen LogP contribution < -0.4 is 16.0 Å². The van der Waals surface area contributed by atoms with Crippen molar-refractivity contribution in [1.29, 1.82) is 0 Å². The van der Waals surface area contributed by atoms with Gasteiger partial charge in [0.2, 0.25) is 5.54 Å². The highest BCUT2D eigenvalue weighted by Gasteiger charge is 2.58. The van der Waals surface area contributed by atoms with Crippen LogP contribution in [0.25, 0.3) is 0 Å². The second-order valence-electron chi connectivity index (χ2n) is 4.89. The van der Waals surface area contributed by atoms with Crippen molar-refractivity contribution in [2.24, 2.45) is 0 Å². The minimum absolute atomic E-state index is 0.166. The first-order valence-corrected chi connectivity index (χ1v) is 6.26. The van der Waals surface area contributed by atoms with Crippen LogP contribution in [0.1, 0.15) is 26.2 Å². The Morgan fingerprint density at radius 2 is 1.85 bits per heavy atom. The van der Waals surface area contributed by atoms with E-state index in [0.29, 0.717) is 25.9 Å². The molecule has 0 heterocycles. The maximum Gasteiger partial charge on any atom is 0.422 e. The van der Waals surface area contributed by atoms with Crippen molar-refractivity contribution < 1.29 is 27.9 Å². The van der Waals surface area contributed by atoms with Gasteiger partial charge in [-0.3, -0.25) is 0 Å². The Morgan fingerprint density at radius 3 is 2.30 bits per heavy atom. The Bertz CT molecular complexity index is 372. The van der Waals surface area contributed by atoms with Gasteiger partial charge >= 0.3 is 18.2 Å². The van der Waals surface area contributed by atoms with Crippen molar-refractivity contribution in [1.82, 2.24) is 16.0 Å². The molecule has 2 amide bonds. The van der Waals surface area contributed by atoms with Gasteiger partial charge in [-0.15, -0.1) is 0 Å². The molecule has 1 unspecified atom stereocenters. The Balaban J connectivity index is 2.32. The van der Waals surface area contributed by atoms with Gasteiger partial charge in [0, 0.05) is 12.6 Å². The molecule has 6 nitrogen and oxygen atoms in total. The monoisotopic (exact) mass is 297 g/mol. The molecule has 0 aromatic heterocycles. The molecule has 0 spiro atoms. The summed E-state index contributed by atoms with van der Waals surface area (Å²) in [6.07, 6.45) is -2.28. The van der Waals surface area contributed by atoms with E-state index in [1.165, 1.54) is 5.32 Å². The highest BCUT2D eigenvalue weighted by atomic mass is 19.4. The normalized spacial score (nSPS) is 18.2. The molecule has 1 atom stereocenters. The Labute approximate surface area is 114 Å². The molecule has 0 aromatic carbocycles. The summed E-state index contributed by atoms with van der Waals surface area (Å²) >= 11 is 0. The van der Waals surface area contributed by atoms with E-state index in [0.717, 1.165) is 12.8 Å². The average Bonchev–Trinajstić information content (AvgIpc) is 3.10. The van der Waals surface area contributed by atoms with E-state index in [1.807, 2.05) is 0 Å². The first kappa shape index (κ1) is 16.5. The second-order valence-corrected chi connectivity index (χ2v) is 4.89. The predicted octanol–water partition coefficient (Wildman–Crippen LogP) is 0.833. The number of aliphatic carboxylic acids is 1. The minimum atomic E-state index is -5.08. The molecule has 1 rings (SSSR count). The lowest BCUT2D eigenvalue weighted by Gasteiger charge is -2.28. The standard InChI is InChI=1S/C11H18F3N3O3/c1-10(8(18)19,11(12,13)14)17-9(20)16-6-2-5-15-7-3-4-7/h7,15H,2-6H2,1H3,(H,18,19)(H2,16,17,20). The Hall–Kier alpha value is -1.51. The van der Waals surface area contributed by atoms with Gasteiger partial charge in [-0.25, -0.2) is 9.59 Å². The number of hydrogen-bond donors (Lipinski definition) is 4. The highest BCUT2D eigenvalue weighted by molar-refractivity contribution is 5.86. The van der Waals surface area contributed by atoms with Crippen molar-refractivity contribution in [2.45, 2.75) is 43.9 Å². The van der Waals surface area contributed by atoms with Gasteiger partial charge in [0.1, 0.15) is 0 Å². The number of alkyl halides is 3. The fourth-order valence-corrected chi connectivity index (χ4v) is 1.40. The van der Waals surface area contributed by atoms with Gasteiger partial charge in [-0.1, -0.05) is 0 Å². The minimum Gasteiger partial charge on any atom is -0.479 e. The van der Waals surface area contributed by atoms with Gasteiger partial charge in [-0.2, -0.15) is 13.2 Å². The Kier molecular flexibility index (Phi) is 5.21. The lowest BCUT2D eigenvalue weighted by molar-refractivity contribution is -0.203. The molecule has 20 heavy (non-hydrogen) atoms. The zero-order valence-corrected chi connectivity index (χ0v) is 11.0. The fraction of sp³-hybridized carbons (Fsp3) is 0.818. The number of carboxylic acids is 1. The van der Waals surface area contributed by atoms with Gasteiger partial charge < -0.3 is 21.1 Å². The van der Waals surface area contributed by atoms with Crippen LogP contribution in [0.2, 0.25) is 0 Å². The molecule has 4 N–H and O–H groups in total. The number of carbonyl (C=O) groups is 2. The maximum atomic E-state index is 12.6. The van der Waals surface area contributed by atoms with E-state index >= 15 is 0 Å². The largest absolute Gasteiger partial charge is 0.479 e. The van der Waals surface area contributed by atoms with E-state index < -0.39 is 23.7 Å². The number of nitrogens with one attached hydrogen (secondary N) is 3. The van der Waals surface area contributed by atoms with Crippen molar-refractivity contribution in [3.05, 3.63) is 0 Å². The van der Waals surface area contributed by atoms with Crippen molar-refractivity contribution in [3.63, 3.8) is 0 Å². The molecular formula is C11H18F3N3O3. The van der Waals surface area contributed by atoms with E-state index in [-0.39, 0.29) is 6.54 Å². The summed E-state index contributed by atoms with van der Waals surface area (Å²) in [5, 5.41) is 15.5. The van der Waals surface area contributed by atoms with Crippen LogP contribution in [-0.4, -0.2) is 48.0 Å². The number of carbonyl (C=O) groups excluding carboxylic acids is 1. The zero-order valence-electron chi connectivity index (χ0n) is 11.0. The molecule has 0 saturated heterocycles. The summed E-state index contributed by atoms with van der Waals surface area (Å²) < 4.78 is 37.9. The number of halogens is 3. The fourth-order valence-electron chi connectivity index (χ4n) is 1.40. The summed E-state index contributed by atoms with van der Waals surface area (Å²) in [5.74, 6) is -2.16. The molecule has 0 aromatic rings. The molecular weight excluding hydrogens is 279 g/mol. The number of rotatable bonds is 7. The number of urea groups is 1. The van der Waals surface area contributed by atoms with E-state index in [9.17, 15) is 22.8 Å². The van der Waals surface area contributed by atoms with Crippen LogP contribution >= 0.6 is 0 Å². The van der Waals surface area contributed by atoms with Gasteiger partial charge in [-0.05, 0) is 32.7 Å². The van der Waals surface area contributed by atoms with Gasteiger partial charge in [0.05, 0.1) is 0 Å². The summed E-state index contributed by atoms with van der Waals surface area (Å²) in [7, 11) is 0. The lowest BCUT2D eigenvalue weighted by Crippen LogP contribution is -2.63. The summed E-state index contributed by atoms with van der Waals surface area (Å²) in [6, 6.07) is -0.636. The lowest BCUT2D eigenvalue weighted by atomic mass is 10.0. The van der Waals surface area contributed by atoms with Crippen molar-refractivity contribution in [2.75, 3.05) is 13.1 Å². The van der Waals surface area contributed by atoms with Crippen LogP contribution in [0, 0.1) is 0 Å². The van der Waals surface area contributed by atoms with Crippen LogP contribution in [0.4, 0.5) is 18.0 Å². The van der Waals surface area contributed by atoms with E-state index in [2.05, 4.69) is 10.6 Å². The number of amides is 2. The topological polar surface area (TPSA) is 90.5 Å². The van der Waals surface area contributed by atoms with Crippen LogP contribution in [0.3, 0.4) is 0 Å². The van der Waals surface area contributed by atoms with E-state index in [4.69, 9.17) is 5.11 Å². The molecule has 9 heteroatoms. The van der Waals surface area contributed by atoms with Crippen molar-refractivity contribution >= 4 is 12.0 Å². The van der Waals surface area contributed by atoms with Gasteiger partial charge in [0.25, 0.3) is 0 Å².